The predicted molar refractivity (Wildman–Crippen MR) is 126 cm³/mol. The van der Waals surface area contributed by atoms with Crippen molar-refractivity contribution in [3.05, 3.63) is 93.9 Å². The minimum absolute atomic E-state index is 0.0508. The van der Waals surface area contributed by atoms with Crippen LogP contribution in [-0.4, -0.2) is 48.4 Å². The van der Waals surface area contributed by atoms with Crippen LogP contribution in [0.1, 0.15) is 27.4 Å². The summed E-state index contributed by atoms with van der Waals surface area (Å²) >= 11 is 3.38. The minimum atomic E-state index is -0.212. The van der Waals surface area contributed by atoms with Crippen molar-refractivity contribution in [2.24, 2.45) is 0 Å². The molecule has 0 spiro atoms. The lowest BCUT2D eigenvalue weighted by molar-refractivity contribution is -0.133. The Bertz CT molecular complexity index is 1020. The van der Waals surface area contributed by atoms with Gasteiger partial charge in [-0.2, -0.15) is 0 Å². The number of halogens is 1. The minimum Gasteiger partial charge on any atom is -0.464 e. The fourth-order valence-electron chi connectivity index (χ4n) is 3.29. The van der Waals surface area contributed by atoms with Gasteiger partial charge in [0.25, 0.3) is 5.91 Å². The van der Waals surface area contributed by atoms with E-state index >= 15 is 0 Å². The maximum atomic E-state index is 13.4. The fraction of sp³-hybridized carbons (Fsp3) is 0.280. The summed E-state index contributed by atoms with van der Waals surface area (Å²) in [5, 5.41) is 0. The number of rotatable bonds is 10. The van der Waals surface area contributed by atoms with Crippen LogP contribution < -0.4 is 0 Å². The quantitative estimate of drug-likeness (QED) is 0.407. The van der Waals surface area contributed by atoms with E-state index in [2.05, 4.69) is 15.9 Å². The molecule has 0 N–H and O–H groups in total. The Hall–Kier alpha value is -2.90. The van der Waals surface area contributed by atoms with Crippen molar-refractivity contribution in [2.75, 3.05) is 26.8 Å². The monoisotopic (exact) mass is 498 g/mol. The Morgan fingerprint density at radius 3 is 2.28 bits per heavy atom. The Labute approximate surface area is 196 Å². The normalized spacial score (nSPS) is 10.7. The van der Waals surface area contributed by atoms with Crippen molar-refractivity contribution in [2.45, 2.75) is 20.0 Å². The second-order valence-corrected chi connectivity index (χ2v) is 8.39. The second-order valence-electron chi connectivity index (χ2n) is 7.47. The first-order chi connectivity index (χ1) is 15.5. The van der Waals surface area contributed by atoms with Crippen LogP contribution in [0.4, 0.5) is 0 Å². The number of furan rings is 1. The molecular weight excluding hydrogens is 472 g/mol. The number of methoxy groups -OCH3 is 1. The third kappa shape index (κ3) is 6.80. The third-order valence-corrected chi connectivity index (χ3v) is 5.51. The van der Waals surface area contributed by atoms with Gasteiger partial charge in [0.2, 0.25) is 5.91 Å². The van der Waals surface area contributed by atoms with Crippen molar-refractivity contribution in [3.63, 3.8) is 0 Å². The van der Waals surface area contributed by atoms with Crippen LogP contribution in [0.25, 0.3) is 0 Å². The highest BCUT2D eigenvalue weighted by atomic mass is 79.9. The zero-order valence-electron chi connectivity index (χ0n) is 18.3. The number of amides is 2. The fourth-order valence-corrected chi connectivity index (χ4v) is 3.55. The van der Waals surface area contributed by atoms with Crippen LogP contribution in [0, 0.1) is 6.92 Å². The zero-order valence-corrected chi connectivity index (χ0v) is 19.9. The highest BCUT2D eigenvalue weighted by molar-refractivity contribution is 9.10. The van der Waals surface area contributed by atoms with Gasteiger partial charge in [0, 0.05) is 30.2 Å². The summed E-state index contributed by atoms with van der Waals surface area (Å²) in [6.45, 7) is 3.22. The molecule has 0 bridgehead atoms. The molecule has 0 saturated carbocycles. The van der Waals surface area contributed by atoms with Gasteiger partial charge in [0.05, 0.1) is 13.2 Å². The van der Waals surface area contributed by atoms with Gasteiger partial charge in [-0.1, -0.05) is 46.3 Å². The van der Waals surface area contributed by atoms with Crippen LogP contribution in [0.2, 0.25) is 0 Å². The predicted octanol–water partition coefficient (Wildman–Crippen LogP) is 4.67. The van der Waals surface area contributed by atoms with E-state index in [0.29, 0.717) is 37.6 Å². The van der Waals surface area contributed by atoms with Gasteiger partial charge in [-0.3, -0.25) is 9.59 Å². The molecule has 0 radical (unpaired) electrons. The molecule has 0 aliphatic rings. The molecule has 0 aliphatic heterocycles. The van der Waals surface area contributed by atoms with E-state index in [0.717, 1.165) is 15.8 Å². The number of hydrogen-bond donors (Lipinski definition) is 0. The Balaban J connectivity index is 1.79. The van der Waals surface area contributed by atoms with Crippen LogP contribution in [0.3, 0.4) is 0 Å². The van der Waals surface area contributed by atoms with E-state index in [9.17, 15) is 9.59 Å². The summed E-state index contributed by atoms with van der Waals surface area (Å²) in [6.07, 6.45) is 0. The topological polar surface area (TPSA) is 63.0 Å². The van der Waals surface area contributed by atoms with E-state index in [1.165, 1.54) is 4.90 Å². The largest absolute Gasteiger partial charge is 0.464 e. The molecule has 1 heterocycles. The first-order valence-electron chi connectivity index (χ1n) is 10.4. The van der Waals surface area contributed by atoms with Gasteiger partial charge in [-0.05, 0) is 48.9 Å². The van der Waals surface area contributed by atoms with Crippen molar-refractivity contribution in [1.82, 2.24) is 9.80 Å². The molecule has 0 unspecified atom stereocenters. The van der Waals surface area contributed by atoms with Crippen LogP contribution in [0.15, 0.2) is 75.6 Å². The number of benzene rings is 2. The number of ether oxygens (including phenoxy) is 1. The summed E-state index contributed by atoms with van der Waals surface area (Å²) < 4.78 is 11.8. The van der Waals surface area contributed by atoms with Gasteiger partial charge < -0.3 is 19.0 Å². The Morgan fingerprint density at radius 2 is 1.66 bits per heavy atom. The van der Waals surface area contributed by atoms with Gasteiger partial charge in [0.15, 0.2) is 0 Å². The smallest absolute Gasteiger partial charge is 0.254 e. The number of hydrogen-bond acceptors (Lipinski definition) is 4. The van der Waals surface area contributed by atoms with Gasteiger partial charge >= 0.3 is 0 Å². The Kier molecular flexibility index (Phi) is 8.64. The van der Waals surface area contributed by atoms with Crippen LogP contribution >= 0.6 is 15.9 Å². The highest BCUT2D eigenvalue weighted by Gasteiger charge is 2.23. The molecule has 0 saturated heterocycles. The third-order valence-electron chi connectivity index (χ3n) is 4.98. The highest BCUT2D eigenvalue weighted by Crippen LogP contribution is 2.16. The summed E-state index contributed by atoms with van der Waals surface area (Å²) in [6, 6.07) is 20.6. The molecular formula is C25H27BrN2O4. The summed E-state index contributed by atoms with van der Waals surface area (Å²) in [7, 11) is 1.57. The first kappa shape index (κ1) is 23.8. The van der Waals surface area contributed by atoms with E-state index in [4.69, 9.17) is 9.15 Å². The summed E-state index contributed by atoms with van der Waals surface area (Å²) in [4.78, 5) is 29.7. The molecule has 0 fully saturated rings. The molecule has 7 heteroatoms. The number of aryl methyl sites for hydroxylation is 1. The molecule has 3 rings (SSSR count). The van der Waals surface area contributed by atoms with E-state index < -0.39 is 0 Å². The van der Waals surface area contributed by atoms with Crippen molar-refractivity contribution < 1.29 is 18.7 Å². The second kappa shape index (κ2) is 11.6. The van der Waals surface area contributed by atoms with Crippen molar-refractivity contribution >= 4 is 27.7 Å². The van der Waals surface area contributed by atoms with E-state index in [1.807, 2.05) is 61.5 Å². The average molecular weight is 499 g/mol. The van der Waals surface area contributed by atoms with Gasteiger partial charge in [-0.25, -0.2) is 0 Å². The van der Waals surface area contributed by atoms with Gasteiger partial charge in [-0.15, -0.1) is 0 Å². The first-order valence-corrected chi connectivity index (χ1v) is 11.2. The summed E-state index contributed by atoms with van der Waals surface area (Å²) in [5.74, 6) is 1.12. The Morgan fingerprint density at radius 1 is 0.938 bits per heavy atom. The zero-order chi connectivity index (χ0) is 22.9. The van der Waals surface area contributed by atoms with E-state index in [1.54, 1.807) is 24.1 Å². The van der Waals surface area contributed by atoms with Gasteiger partial charge in [0.1, 0.15) is 18.1 Å². The molecule has 0 atom stereocenters. The molecule has 168 valence electrons. The SMILES string of the molecule is COCCN(CC(=O)N(Cc1ccccc1)Cc1ccc(C)o1)C(=O)c1ccc(Br)cc1. The lowest BCUT2D eigenvalue weighted by Gasteiger charge is -2.27. The maximum absolute atomic E-state index is 13.4. The van der Waals surface area contributed by atoms with E-state index in [-0.39, 0.29) is 18.4 Å². The molecule has 0 aliphatic carbocycles. The number of carbonyl (C=O) groups excluding carboxylic acids is 2. The molecule has 1 aromatic heterocycles. The van der Waals surface area contributed by atoms with Crippen LogP contribution in [0.5, 0.6) is 0 Å². The average Bonchev–Trinajstić information content (AvgIpc) is 3.21. The number of carbonyl (C=O) groups is 2. The molecule has 32 heavy (non-hydrogen) atoms. The molecule has 2 amide bonds. The number of nitrogens with zero attached hydrogens (tertiary/aromatic N) is 2. The molecule has 2 aromatic carbocycles. The van der Waals surface area contributed by atoms with Crippen molar-refractivity contribution in [3.8, 4) is 0 Å². The van der Waals surface area contributed by atoms with Crippen molar-refractivity contribution in [1.29, 1.82) is 0 Å². The van der Waals surface area contributed by atoms with Crippen LogP contribution in [-0.2, 0) is 22.6 Å². The maximum Gasteiger partial charge on any atom is 0.254 e. The lowest BCUT2D eigenvalue weighted by atomic mass is 10.2. The molecule has 6 nitrogen and oxygen atoms in total. The molecule has 3 aromatic rings. The standard InChI is InChI=1S/C25H27BrN2O4/c1-19-8-13-23(32-19)17-28(16-20-6-4-3-5-7-20)24(29)18-27(14-15-31-2)25(30)21-9-11-22(26)12-10-21/h3-13H,14-18H2,1-2H3. The summed E-state index contributed by atoms with van der Waals surface area (Å²) in [5.41, 5.74) is 1.53. The lowest BCUT2D eigenvalue weighted by Crippen LogP contribution is -2.43.